The first-order chi connectivity index (χ1) is 8.91. The third-order valence-electron chi connectivity index (χ3n) is 2.23. The number of thioether (sulfide) groups is 1. The van der Waals surface area contributed by atoms with E-state index in [4.69, 9.17) is 17.3 Å². The molecule has 0 aliphatic rings. The molecule has 0 aromatic heterocycles. The molecule has 0 bridgehead atoms. The number of nitro groups is 1. The van der Waals surface area contributed by atoms with Crippen LogP contribution in [0, 0.1) is 10.1 Å². The summed E-state index contributed by atoms with van der Waals surface area (Å²) in [5, 5.41) is 11.2. The van der Waals surface area contributed by atoms with Crippen molar-refractivity contribution in [2.75, 3.05) is 11.5 Å². The molecule has 1 aromatic rings. The van der Waals surface area contributed by atoms with Crippen molar-refractivity contribution in [1.29, 1.82) is 0 Å². The van der Waals surface area contributed by atoms with E-state index in [-0.39, 0.29) is 16.5 Å². The summed E-state index contributed by atoms with van der Waals surface area (Å²) < 4.78 is 0. The number of hydrogen-bond donors (Lipinski definition) is 1. The minimum atomic E-state index is -0.547. The molecule has 0 spiro atoms. The second-order valence-corrected chi connectivity index (χ2v) is 5.40. The summed E-state index contributed by atoms with van der Waals surface area (Å²) in [5.74, 6) is 0.667. The minimum absolute atomic E-state index is 0.0410. The van der Waals surface area contributed by atoms with Gasteiger partial charge < -0.3 is 5.73 Å². The van der Waals surface area contributed by atoms with Crippen molar-refractivity contribution in [3.63, 3.8) is 0 Å². The van der Waals surface area contributed by atoms with E-state index in [9.17, 15) is 14.9 Å². The fraction of sp³-hybridized carbons (Fsp3) is 0.250. The maximum absolute atomic E-state index is 10.8. The summed E-state index contributed by atoms with van der Waals surface area (Å²) in [4.78, 5) is 20.9. The molecule has 7 heteroatoms. The zero-order chi connectivity index (χ0) is 14.4. The number of hydrogen-bond acceptors (Lipinski definition) is 5. The lowest BCUT2D eigenvalue weighted by molar-refractivity contribution is -0.383. The molecular weight excluding hydrogens is 288 g/mol. The van der Waals surface area contributed by atoms with Gasteiger partial charge >= 0.3 is 0 Å². The molecule has 102 valence electrons. The van der Waals surface area contributed by atoms with Gasteiger partial charge in [0.15, 0.2) is 5.12 Å². The number of allylic oxidation sites excluding steroid dienone is 1. The number of nitrogens with zero attached hydrogens (tertiary/aromatic N) is 1. The molecule has 2 N–H and O–H groups in total. The third-order valence-corrected chi connectivity index (χ3v) is 3.40. The van der Waals surface area contributed by atoms with Crippen LogP contribution in [0.3, 0.4) is 0 Å². The predicted octanol–water partition coefficient (Wildman–Crippen LogP) is 3.51. The van der Waals surface area contributed by atoms with Crippen LogP contribution >= 0.6 is 23.4 Å². The number of halogens is 1. The predicted molar refractivity (Wildman–Crippen MR) is 79.3 cm³/mol. The lowest BCUT2D eigenvalue weighted by Crippen LogP contribution is -1.96. The molecule has 0 atom stereocenters. The van der Waals surface area contributed by atoms with Gasteiger partial charge in [0.05, 0.1) is 9.95 Å². The largest absolute Gasteiger partial charge is 0.393 e. The Balaban J connectivity index is 2.77. The van der Waals surface area contributed by atoms with Crippen molar-refractivity contribution < 1.29 is 9.72 Å². The Labute approximate surface area is 120 Å². The van der Waals surface area contributed by atoms with Crippen LogP contribution in [0.1, 0.15) is 18.9 Å². The van der Waals surface area contributed by atoms with Gasteiger partial charge in [-0.05, 0) is 18.1 Å². The monoisotopic (exact) mass is 300 g/mol. The number of anilines is 1. The van der Waals surface area contributed by atoms with Gasteiger partial charge in [0.1, 0.15) is 5.69 Å². The summed E-state index contributed by atoms with van der Waals surface area (Å²) in [6, 6.07) is 2.70. The highest BCUT2D eigenvalue weighted by Crippen LogP contribution is 2.29. The van der Waals surface area contributed by atoms with Crippen LogP contribution in [0.15, 0.2) is 18.2 Å². The molecule has 0 saturated carbocycles. The molecule has 0 amide bonds. The van der Waals surface area contributed by atoms with Gasteiger partial charge in [-0.1, -0.05) is 35.5 Å². The normalized spacial score (nSPS) is 10.8. The van der Waals surface area contributed by atoms with Crippen molar-refractivity contribution in [1.82, 2.24) is 0 Å². The van der Waals surface area contributed by atoms with E-state index >= 15 is 0 Å². The van der Waals surface area contributed by atoms with E-state index in [0.29, 0.717) is 22.8 Å². The van der Waals surface area contributed by atoms with Crippen LogP contribution < -0.4 is 5.73 Å². The zero-order valence-electron chi connectivity index (χ0n) is 10.3. The summed E-state index contributed by atoms with van der Waals surface area (Å²) >= 11 is 7.19. The second-order valence-electron chi connectivity index (χ2n) is 3.72. The minimum Gasteiger partial charge on any atom is -0.393 e. The van der Waals surface area contributed by atoms with Gasteiger partial charge in [-0.2, -0.15) is 0 Å². The number of carbonyl (C=O) groups is 1. The maximum atomic E-state index is 10.8. The number of rotatable bonds is 5. The van der Waals surface area contributed by atoms with Crippen molar-refractivity contribution in [2.24, 2.45) is 0 Å². The highest BCUT2D eigenvalue weighted by atomic mass is 35.5. The maximum Gasteiger partial charge on any atom is 0.292 e. The number of benzene rings is 1. The molecule has 0 heterocycles. The van der Waals surface area contributed by atoms with Gasteiger partial charge in [-0.15, -0.1) is 0 Å². The first-order valence-corrected chi connectivity index (χ1v) is 6.81. The van der Waals surface area contributed by atoms with E-state index in [2.05, 4.69) is 0 Å². The molecule has 1 rings (SSSR count). The van der Waals surface area contributed by atoms with E-state index in [1.54, 1.807) is 6.08 Å². The lowest BCUT2D eigenvalue weighted by Gasteiger charge is -2.02. The van der Waals surface area contributed by atoms with Crippen molar-refractivity contribution >= 4 is 45.9 Å². The average molecular weight is 301 g/mol. The van der Waals surface area contributed by atoms with Gasteiger partial charge in [-0.25, -0.2) is 0 Å². The second kappa shape index (κ2) is 7.16. The van der Waals surface area contributed by atoms with Gasteiger partial charge in [0.2, 0.25) is 0 Å². The standard InChI is InChI=1S/C12H13ClN2O3S/c1-8(16)19-5-3-2-4-9-6-12(15(17)18)11(14)7-10(9)13/h2,4,6-7H,3,5,14H2,1H3. The van der Waals surface area contributed by atoms with E-state index in [1.807, 2.05) is 6.08 Å². The van der Waals surface area contributed by atoms with Crippen LogP contribution in [-0.4, -0.2) is 15.8 Å². The molecule has 0 aliphatic heterocycles. The summed E-state index contributed by atoms with van der Waals surface area (Å²) in [6.07, 6.45) is 4.19. The highest BCUT2D eigenvalue weighted by Gasteiger charge is 2.13. The zero-order valence-corrected chi connectivity index (χ0v) is 11.8. The van der Waals surface area contributed by atoms with E-state index < -0.39 is 4.92 Å². The van der Waals surface area contributed by atoms with Gasteiger partial charge in [0.25, 0.3) is 5.69 Å². The van der Waals surface area contributed by atoms with Crippen LogP contribution in [0.5, 0.6) is 0 Å². The topological polar surface area (TPSA) is 86.2 Å². The number of carbonyl (C=O) groups excluding carboxylic acids is 1. The van der Waals surface area contributed by atoms with Crippen molar-refractivity contribution in [3.05, 3.63) is 38.9 Å². The Morgan fingerprint density at radius 3 is 2.84 bits per heavy atom. The molecule has 0 aliphatic carbocycles. The Hall–Kier alpha value is -1.53. The van der Waals surface area contributed by atoms with E-state index in [1.165, 1.54) is 30.8 Å². The lowest BCUT2D eigenvalue weighted by atomic mass is 10.1. The fourth-order valence-corrected chi connectivity index (χ4v) is 2.14. The molecule has 19 heavy (non-hydrogen) atoms. The smallest absolute Gasteiger partial charge is 0.292 e. The molecule has 0 radical (unpaired) electrons. The van der Waals surface area contributed by atoms with Crippen LogP contribution in [-0.2, 0) is 4.79 Å². The summed E-state index contributed by atoms with van der Waals surface area (Å²) in [6.45, 7) is 1.51. The molecule has 0 fully saturated rings. The van der Waals surface area contributed by atoms with Crippen LogP contribution in [0.2, 0.25) is 5.02 Å². The number of nitrogens with two attached hydrogens (primary N) is 1. The van der Waals surface area contributed by atoms with Crippen LogP contribution in [0.25, 0.3) is 6.08 Å². The Bertz CT molecular complexity index is 532. The molecule has 0 saturated heterocycles. The van der Waals surface area contributed by atoms with Crippen LogP contribution in [0.4, 0.5) is 11.4 Å². The fourth-order valence-electron chi connectivity index (χ4n) is 1.36. The van der Waals surface area contributed by atoms with Gasteiger partial charge in [0, 0.05) is 18.7 Å². The molecule has 5 nitrogen and oxygen atoms in total. The Morgan fingerprint density at radius 1 is 1.58 bits per heavy atom. The Morgan fingerprint density at radius 2 is 2.26 bits per heavy atom. The number of nitrogen functional groups attached to an aromatic ring is 1. The van der Waals surface area contributed by atoms with Gasteiger partial charge in [-0.3, -0.25) is 14.9 Å². The first kappa shape index (κ1) is 15.5. The van der Waals surface area contributed by atoms with Crippen molar-refractivity contribution in [2.45, 2.75) is 13.3 Å². The highest BCUT2D eigenvalue weighted by molar-refractivity contribution is 8.13. The first-order valence-electron chi connectivity index (χ1n) is 5.45. The quantitative estimate of drug-likeness (QED) is 0.389. The SMILES string of the molecule is CC(=O)SCCC=Cc1cc([N+](=O)[O-])c(N)cc1Cl. The Kier molecular flexibility index (Phi) is 5.85. The molecular formula is C12H13ClN2O3S. The average Bonchev–Trinajstić information content (AvgIpc) is 2.30. The summed E-state index contributed by atoms with van der Waals surface area (Å²) in [5.41, 5.74) is 5.92. The molecule has 1 aromatic carbocycles. The van der Waals surface area contributed by atoms with Crippen molar-refractivity contribution in [3.8, 4) is 0 Å². The summed E-state index contributed by atoms with van der Waals surface area (Å²) in [7, 11) is 0. The third kappa shape index (κ3) is 4.92. The van der Waals surface area contributed by atoms with E-state index in [0.717, 1.165) is 0 Å². The number of nitro benzene ring substituents is 1. The molecule has 0 unspecified atom stereocenters.